The molecule has 142 valence electrons. The molecule has 0 radical (unpaired) electrons. The van der Waals surface area contributed by atoms with Crippen LogP contribution in [0.1, 0.15) is 16.8 Å². The van der Waals surface area contributed by atoms with E-state index in [-0.39, 0.29) is 12.5 Å². The van der Waals surface area contributed by atoms with Crippen molar-refractivity contribution in [2.75, 3.05) is 19.0 Å². The number of carbonyl (C=O) groups is 1. The van der Waals surface area contributed by atoms with E-state index in [4.69, 9.17) is 9.47 Å². The second-order valence-electron chi connectivity index (χ2n) is 6.08. The van der Waals surface area contributed by atoms with Gasteiger partial charge < -0.3 is 14.8 Å². The molecule has 0 unspecified atom stereocenters. The highest BCUT2D eigenvalue weighted by molar-refractivity contribution is 5.93. The Morgan fingerprint density at radius 2 is 1.89 bits per heavy atom. The molecule has 1 N–H and O–H groups in total. The van der Waals surface area contributed by atoms with Gasteiger partial charge in [-0.15, -0.1) is 0 Å². The Morgan fingerprint density at radius 1 is 1.18 bits per heavy atom. The Morgan fingerprint density at radius 3 is 2.50 bits per heavy atom. The molecular formula is C21H20N4O3. The fraction of sp³-hybridized carbons (Fsp3) is 0.190. The van der Waals surface area contributed by atoms with E-state index < -0.39 is 0 Å². The molecular weight excluding hydrogens is 356 g/mol. The van der Waals surface area contributed by atoms with Crippen LogP contribution in [0.15, 0.2) is 48.7 Å². The van der Waals surface area contributed by atoms with E-state index in [1.165, 1.54) is 0 Å². The first-order chi connectivity index (χ1) is 13.5. The Hall–Kier alpha value is -3.79. The molecule has 0 fully saturated rings. The maximum Gasteiger partial charge on any atom is 0.263 e. The number of methoxy groups -OCH3 is 1. The number of amides is 1. The molecule has 0 bridgehead atoms. The molecule has 0 saturated heterocycles. The van der Waals surface area contributed by atoms with Gasteiger partial charge in [0, 0.05) is 11.9 Å². The number of benzene rings is 1. The molecule has 2 heterocycles. The summed E-state index contributed by atoms with van der Waals surface area (Å²) in [7, 11) is 1.58. The number of pyridine rings is 1. The van der Waals surface area contributed by atoms with Crippen LogP contribution in [0.5, 0.6) is 11.5 Å². The van der Waals surface area contributed by atoms with Gasteiger partial charge in [-0.1, -0.05) is 6.07 Å². The lowest BCUT2D eigenvalue weighted by Crippen LogP contribution is -2.22. The molecule has 3 aromatic rings. The standard InChI is InChI=1S/C21H20N4O3/c1-14-15(2)25(19-6-4-5-11-23-19)21(18(14)12-22)24-20(26)13-28-17-9-7-16(27-3)8-10-17/h4-11H,13H2,1-3H3,(H,24,26). The Bertz CT molecular complexity index is 1020. The minimum Gasteiger partial charge on any atom is -0.497 e. The number of nitrogens with zero attached hydrogens (tertiary/aromatic N) is 3. The van der Waals surface area contributed by atoms with Crippen LogP contribution in [-0.4, -0.2) is 29.2 Å². The fourth-order valence-corrected chi connectivity index (χ4v) is 2.82. The Balaban J connectivity index is 1.82. The summed E-state index contributed by atoms with van der Waals surface area (Å²) in [5.41, 5.74) is 2.03. The second-order valence-corrected chi connectivity index (χ2v) is 6.08. The first-order valence-corrected chi connectivity index (χ1v) is 8.65. The highest BCUT2D eigenvalue weighted by Gasteiger charge is 2.21. The molecule has 1 aromatic carbocycles. The van der Waals surface area contributed by atoms with Crippen molar-refractivity contribution in [3.05, 3.63) is 65.5 Å². The molecule has 0 aliphatic carbocycles. The van der Waals surface area contributed by atoms with Crippen molar-refractivity contribution in [2.24, 2.45) is 0 Å². The molecule has 3 rings (SSSR count). The van der Waals surface area contributed by atoms with Crippen LogP contribution in [0.3, 0.4) is 0 Å². The zero-order chi connectivity index (χ0) is 20.1. The molecule has 28 heavy (non-hydrogen) atoms. The number of hydrogen-bond donors (Lipinski definition) is 1. The summed E-state index contributed by atoms with van der Waals surface area (Å²) < 4.78 is 12.4. The number of ether oxygens (including phenoxy) is 2. The van der Waals surface area contributed by atoms with Gasteiger partial charge in [0.1, 0.15) is 29.2 Å². The average molecular weight is 376 g/mol. The zero-order valence-corrected chi connectivity index (χ0v) is 15.9. The van der Waals surface area contributed by atoms with Crippen molar-refractivity contribution in [1.82, 2.24) is 9.55 Å². The lowest BCUT2D eigenvalue weighted by atomic mass is 10.2. The number of rotatable bonds is 6. The highest BCUT2D eigenvalue weighted by atomic mass is 16.5. The van der Waals surface area contributed by atoms with E-state index in [1.807, 2.05) is 26.0 Å². The molecule has 0 spiro atoms. The van der Waals surface area contributed by atoms with Crippen LogP contribution < -0.4 is 14.8 Å². The largest absolute Gasteiger partial charge is 0.497 e. The molecule has 0 aliphatic rings. The van der Waals surface area contributed by atoms with E-state index in [0.717, 1.165) is 11.3 Å². The third-order valence-electron chi connectivity index (χ3n) is 4.39. The zero-order valence-electron chi connectivity index (χ0n) is 15.9. The van der Waals surface area contributed by atoms with Gasteiger partial charge in [-0.3, -0.25) is 9.36 Å². The van der Waals surface area contributed by atoms with Crippen LogP contribution in [0.4, 0.5) is 5.82 Å². The van der Waals surface area contributed by atoms with Gasteiger partial charge in [0.15, 0.2) is 6.61 Å². The topological polar surface area (TPSA) is 89.2 Å². The summed E-state index contributed by atoms with van der Waals surface area (Å²) in [6.07, 6.45) is 1.66. The van der Waals surface area contributed by atoms with Crippen molar-refractivity contribution in [3.8, 4) is 23.4 Å². The fourth-order valence-electron chi connectivity index (χ4n) is 2.82. The first kappa shape index (κ1) is 19.0. The van der Waals surface area contributed by atoms with Gasteiger partial charge in [0.05, 0.1) is 12.7 Å². The smallest absolute Gasteiger partial charge is 0.263 e. The average Bonchev–Trinajstić information content (AvgIpc) is 2.96. The summed E-state index contributed by atoms with van der Waals surface area (Å²) >= 11 is 0. The number of nitrogens with one attached hydrogen (secondary N) is 1. The van der Waals surface area contributed by atoms with E-state index in [0.29, 0.717) is 28.7 Å². The van der Waals surface area contributed by atoms with Crippen molar-refractivity contribution in [1.29, 1.82) is 5.26 Å². The molecule has 7 heteroatoms. The number of nitriles is 1. The maximum absolute atomic E-state index is 12.5. The van der Waals surface area contributed by atoms with Gasteiger partial charge in [-0.25, -0.2) is 4.98 Å². The highest BCUT2D eigenvalue weighted by Crippen LogP contribution is 2.29. The lowest BCUT2D eigenvalue weighted by Gasteiger charge is -2.12. The van der Waals surface area contributed by atoms with Gasteiger partial charge >= 0.3 is 0 Å². The molecule has 0 aliphatic heterocycles. The normalized spacial score (nSPS) is 10.2. The van der Waals surface area contributed by atoms with Crippen LogP contribution in [-0.2, 0) is 4.79 Å². The molecule has 0 saturated carbocycles. The SMILES string of the molecule is COc1ccc(OCC(=O)Nc2c(C#N)c(C)c(C)n2-c2ccccn2)cc1. The minimum absolute atomic E-state index is 0.192. The van der Waals surface area contributed by atoms with E-state index >= 15 is 0 Å². The summed E-state index contributed by atoms with van der Waals surface area (Å²) in [5, 5.41) is 12.4. The molecule has 1 amide bonds. The van der Waals surface area contributed by atoms with Crippen LogP contribution >= 0.6 is 0 Å². The van der Waals surface area contributed by atoms with Crippen molar-refractivity contribution < 1.29 is 14.3 Å². The number of anilines is 1. The summed E-state index contributed by atoms with van der Waals surface area (Å²) in [6, 6.07) is 14.6. The first-order valence-electron chi connectivity index (χ1n) is 8.65. The second kappa shape index (κ2) is 8.27. The predicted molar refractivity (Wildman–Crippen MR) is 105 cm³/mol. The van der Waals surface area contributed by atoms with Crippen molar-refractivity contribution in [3.63, 3.8) is 0 Å². The van der Waals surface area contributed by atoms with Gasteiger partial charge in [-0.05, 0) is 55.8 Å². The van der Waals surface area contributed by atoms with E-state index in [1.54, 1.807) is 48.2 Å². The Labute approximate surface area is 163 Å². The van der Waals surface area contributed by atoms with Crippen LogP contribution in [0.2, 0.25) is 0 Å². The van der Waals surface area contributed by atoms with Gasteiger partial charge in [-0.2, -0.15) is 5.26 Å². The minimum atomic E-state index is -0.373. The number of aromatic nitrogens is 2. The maximum atomic E-state index is 12.5. The molecule has 2 aromatic heterocycles. The number of hydrogen-bond acceptors (Lipinski definition) is 5. The molecule has 7 nitrogen and oxygen atoms in total. The summed E-state index contributed by atoms with van der Waals surface area (Å²) in [4.78, 5) is 16.8. The van der Waals surface area contributed by atoms with Crippen molar-refractivity contribution in [2.45, 2.75) is 13.8 Å². The van der Waals surface area contributed by atoms with Crippen LogP contribution in [0.25, 0.3) is 5.82 Å². The van der Waals surface area contributed by atoms with Gasteiger partial charge in [0.2, 0.25) is 0 Å². The predicted octanol–water partition coefficient (Wildman–Crippen LogP) is 3.39. The quantitative estimate of drug-likeness (QED) is 0.712. The van der Waals surface area contributed by atoms with Crippen LogP contribution in [0, 0.1) is 25.2 Å². The lowest BCUT2D eigenvalue weighted by molar-refractivity contribution is -0.118. The van der Waals surface area contributed by atoms with Crippen molar-refractivity contribution >= 4 is 11.7 Å². The number of carbonyl (C=O) groups excluding carboxylic acids is 1. The van der Waals surface area contributed by atoms with E-state index in [2.05, 4.69) is 16.4 Å². The third-order valence-corrected chi connectivity index (χ3v) is 4.39. The summed E-state index contributed by atoms with van der Waals surface area (Å²) in [6.45, 7) is 3.54. The monoisotopic (exact) mass is 376 g/mol. The Kier molecular flexibility index (Phi) is 5.61. The van der Waals surface area contributed by atoms with E-state index in [9.17, 15) is 10.1 Å². The molecule has 0 atom stereocenters. The van der Waals surface area contributed by atoms with Gasteiger partial charge in [0.25, 0.3) is 5.91 Å². The third kappa shape index (κ3) is 3.81. The summed E-state index contributed by atoms with van der Waals surface area (Å²) in [5.74, 6) is 1.89.